The molecule has 8 rings (SSSR count). The zero-order valence-corrected chi connectivity index (χ0v) is 39.1. The number of nitrogens with zero attached hydrogens (tertiary/aromatic N) is 4. The summed E-state index contributed by atoms with van der Waals surface area (Å²) in [7, 11) is -3.38. The largest absolute Gasteiger partial charge is 0.481 e. The molecule has 0 spiro atoms. The number of carbonyl (C=O) groups excluding carboxylic acids is 1. The lowest BCUT2D eigenvalue weighted by molar-refractivity contribution is -0.137. The van der Waals surface area contributed by atoms with Crippen molar-refractivity contribution >= 4 is 43.0 Å². The number of aromatic nitrogens is 2. The minimum Gasteiger partial charge on any atom is -0.481 e. The summed E-state index contributed by atoms with van der Waals surface area (Å²) in [4.78, 5) is 58.1. The van der Waals surface area contributed by atoms with Gasteiger partial charge in [-0.15, -0.1) is 0 Å². The van der Waals surface area contributed by atoms with Crippen molar-refractivity contribution in [3.63, 3.8) is 0 Å². The average molecular weight is 964 g/mol. The molecule has 1 amide bonds. The molecule has 0 fully saturated rings. The highest BCUT2D eigenvalue weighted by Gasteiger charge is 2.30. The first-order valence-corrected chi connectivity index (χ1v) is 25.1. The van der Waals surface area contributed by atoms with Crippen molar-refractivity contribution in [2.24, 2.45) is 29.8 Å². The topological polar surface area (TPSA) is 217 Å². The zero-order chi connectivity index (χ0) is 49.2. The molecule has 2 atom stereocenters. The number of aliphatic imine (C=N–C) groups is 2. The van der Waals surface area contributed by atoms with Crippen LogP contribution in [0, 0.1) is 11.6 Å². The lowest BCUT2D eigenvalue weighted by atomic mass is 9.90. The van der Waals surface area contributed by atoms with Crippen molar-refractivity contribution in [1.82, 2.24) is 9.13 Å². The molecule has 0 bridgehead atoms. The van der Waals surface area contributed by atoms with E-state index in [0.717, 1.165) is 0 Å². The number of halogens is 2. The van der Waals surface area contributed by atoms with E-state index in [2.05, 4.69) is 0 Å². The molecule has 0 aliphatic carbocycles. The maximum absolute atomic E-state index is 13.6. The number of hydrogen-bond donors (Lipinski definition) is 2. The monoisotopic (exact) mass is 963 g/mol. The number of benzene rings is 4. The van der Waals surface area contributed by atoms with E-state index in [4.69, 9.17) is 15.7 Å². The molecule has 4 aromatic carbocycles. The number of pyridine rings is 2. The summed E-state index contributed by atoms with van der Waals surface area (Å²) in [6.45, 7) is 3.18. The van der Waals surface area contributed by atoms with Crippen LogP contribution in [0.5, 0.6) is 0 Å². The molecule has 2 aliphatic rings. The number of fused-ring (bicyclic) bond motifs is 6. The molecule has 2 aliphatic heterocycles. The Morgan fingerprint density at radius 1 is 0.588 bits per heavy atom. The number of amides is 1. The fourth-order valence-electron chi connectivity index (χ4n) is 8.16. The Morgan fingerprint density at radius 3 is 1.32 bits per heavy atom. The van der Waals surface area contributed by atoms with E-state index in [1.54, 1.807) is 101 Å². The summed E-state index contributed by atoms with van der Waals surface area (Å²) in [5, 5.41) is 9.55. The predicted molar refractivity (Wildman–Crippen MR) is 256 cm³/mol. The van der Waals surface area contributed by atoms with E-state index in [-0.39, 0.29) is 47.0 Å². The van der Waals surface area contributed by atoms with Crippen LogP contribution in [0.4, 0.5) is 8.78 Å². The van der Waals surface area contributed by atoms with Crippen molar-refractivity contribution in [1.29, 1.82) is 0 Å². The zero-order valence-electron chi connectivity index (χ0n) is 37.4. The number of primary amides is 1. The first-order chi connectivity index (χ1) is 32.1. The molecule has 0 saturated heterocycles. The summed E-state index contributed by atoms with van der Waals surface area (Å²) < 4.78 is 79.2. The number of sulfone groups is 2. The molecule has 14 nitrogen and oxygen atoms in total. The van der Waals surface area contributed by atoms with Gasteiger partial charge in [0.05, 0.1) is 47.9 Å². The van der Waals surface area contributed by atoms with Gasteiger partial charge >= 0.3 is 5.97 Å². The normalized spacial score (nSPS) is 15.1. The van der Waals surface area contributed by atoms with Gasteiger partial charge in [-0.2, -0.15) is 0 Å². The molecule has 18 heteroatoms. The number of carbonyl (C=O) groups is 2. The first kappa shape index (κ1) is 48.7. The molecule has 4 heterocycles. The van der Waals surface area contributed by atoms with Gasteiger partial charge < -0.3 is 20.0 Å². The minimum atomic E-state index is -3.30. The van der Waals surface area contributed by atoms with Crippen LogP contribution in [0.25, 0.3) is 22.3 Å². The summed E-state index contributed by atoms with van der Waals surface area (Å²) in [6.07, 6.45) is 2.80. The minimum absolute atomic E-state index is 0.00184. The Hall–Kier alpha value is -7.18. The van der Waals surface area contributed by atoms with Crippen LogP contribution < -0.4 is 16.9 Å². The second kappa shape index (κ2) is 19.6. The molecule has 68 heavy (non-hydrogen) atoms. The lowest BCUT2D eigenvalue weighted by Crippen LogP contribution is -2.20. The standard InChI is InChI=1S/C25H24FN3O4S.C25H23FN2O5S/c1-3-34(32,33)14-15-4-9-18-19(10-15)21-13-29(2)24(31)11-20(21)22(12-23(27)30)28-25(18)16-5-7-17(26)8-6-16;1-3-34(32,33)14-15-4-9-18-19(10-15)21-13-28(2)23(29)11-20(21)22(12-24(30)31)27-25(18)16-5-7-17(26)8-6-16/h4-11,13,22H,3,12,14H2,1-2H3,(H2,27,30);4-11,13,22H,3,12,14H2,1-2H3,(H,30,31)/t2*22-/m00/s1. The smallest absolute Gasteiger partial charge is 0.305 e. The average Bonchev–Trinajstić information content (AvgIpc) is 3.48. The first-order valence-electron chi connectivity index (χ1n) is 21.4. The van der Waals surface area contributed by atoms with Gasteiger partial charge in [0.15, 0.2) is 19.7 Å². The van der Waals surface area contributed by atoms with Crippen LogP contribution in [0.2, 0.25) is 0 Å². The highest BCUT2D eigenvalue weighted by atomic mass is 32.2. The molecule has 352 valence electrons. The third-order valence-electron chi connectivity index (χ3n) is 11.7. The SMILES string of the molecule is CCS(=O)(=O)Cc1ccc2c(c1)-c1cn(C)c(=O)cc1[C@H](CC(=O)O)N=C2c1ccc(F)cc1.CCS(=O)(=O)Cc1ccc2c(c1)-c1cn(C)c(=O)cc1[C@H](CC(N)=O)N=C2c1ccc(F)cc1. The van der Waals surface area contributed by atoms with E-state index in [1.807, 2.05) is 0 Å². The number of hydrogen-bond acceptors (Lipinski definition) is 10. The highest BCUT2D eigenvalue weighted by Crippen LogP contribution is 2.41. The summed E-state index contributed by atoms with van der Waals surface area (Å²) >= 11 is 0. The fourth-order valence-corrected chi connectivity index (χ4v) is 9.94. The van der Waals surface area contributed by atoms with Gasteiger partial charge in [0, 0.05) is 83.5 Å². The van der Waals surface area contributed by atoms with E-state index >= 15 is 0 Å². The lowest BCUT2D eigenvalue weighted by Gasteiger charge is -2.16. The Bertz CT molecular complexity index is 3180. The third kappa shape index (κ3) is 10.8. The van der Waals surface area contributed by atoms with Gasteiger partial charge in [-0.3, -0.25) is 29.2 Å². The maximum Gasteiger partial charge on any atom is 0.305 e. The van der Waals surface area contributed by atoms with Crippen LogP contribution in [-0.2, 0) is 54.9 Å². The van der Waals surface area contributed by atoms with Gasteiger partial charge in [0.1, 0.15) is 11.6 Å². The van der Waals surface area contributed by atoms with Gasteiger partial charge in [0.25, 0.3) is 11.1 Å². The van der Waals surface area contributed by atoms with E-state index in [1.165, 1.54) is 45.5 Å². The van der Waals surface area contributed by atoms with Crippen LogP contribution in [0.3, 0.4) is 0 Å². The van der Waals surface area contributed by atoms with Crippen molar-refractivity contribution in [3.8, 4) is 22.3 Å². The van der Waals surface area contributed by atoms with Gasteiger partial charge in [-0.25, -0.2) is 25.6 Å². The van der Waals surface area contributed by atoms with Crippen LogP contribution in [0.15, 0.2) is 129 Å². The number of carboxylic acids is 1. The molecular formula is C50H47F2N5O9S2. The number of aryl methyl sites for hydroxylation is 2. The van der Waals surface area contributed by atoms with Crippen molar-refractivity contribution in [3.05, 3.63) is 186 Å². The Morgan fingerprint density at radius 2 is 0.971 bits per heavy atom. The molecule has 3 N–H and O–H groups in total. The fraction of sp³-hybridized carbons (Fsp3) is 0.240. The summed E-state index contributed by atoms with van der Waals surface area (Å²) in [6, 6.07) is 23.2. The Balaban J connectivity index is 0.000000201. The van der Waals surface area contributed by atoms with Crippen LogP contribution in [0.1, 0.15) is 83.3 Å². The quantitative estimate of drug-likeness (QED) is 0.139. The molecule has 0 saturated carbocycles. The van der Waals surface area contributed by atoms with Crippen LogP contribution >= 0.6 is 0 Å². The van der Waals surface area contributed by atoms with Gasteiger partial charge in [0.2, 0.25) is 5.91 Å². The number of aliphatic carboxylic acids is 1. The second-order valence-corrected chi connectivity index (χ2v) is 21.3. The number of nitrogens with two attached hydrogens (primary N) is 1. The molecule has 0 radical (unpaired) electrons. The summed E-state index contributed by atoms with van der Waals surface area (Å²) in [5.74, 6) is -2.77. The highest BCUT2D eigenvalue weighted by molar-refractivity contribution is 7.90. The number of rotatable bonds is 12. The maximum atomic E-state index is 13.6. The van der Waals surface area contributed by atoms with Gasteiger partial charge in [-0.1, -0.05) is 38.1 Å². The Labute approximate surface area is 391 Å². The Kier molecular flexibility index (Phi) is 14.0. The van der Waals surface area contributed by atoms with E-state index < -0.39 is 55.3 Å². The molecule has 2 aromatic heterocycles. The number of carboxylic acid groups (broad SMARTS) is 1. The molecular weight excluding hydrogens is 917 g/mol. The van der Waals surface area contributed by atoms with Crippen molar-refractivity contribution in [2.75, 3.05) is 11.5 Å². The van der Waals surface area contributed by atoms with E-state index in [9.17, 15) is 49.9 Å². The van der Waals surface area contributed by atoms with Crippen LogP contribution in [-0.4, -0.2) is 65.9 Å². The van der Waals surface area contributed by atoms with Gasteiger partial charge in [-0.05, 0) is 94.0 Å². The predicted octanol–water partition coefficient (Wildman–Crippen LogP) is 6.39. The summed E-state index contributed by atoms with van der Waals surface area (Å²) in [5.41, 5.74) is 13.0. The third-order valence-corrected chi connectivity index (χ3v) is 15.0. The van der Waals surface area contributed by atoms with Crippen molar-refractivity contribution < 1.29 is 40.3 Å². The van der Waals surface area contributed by atoms with E-state index in [0.29, 0.717) is 78.2 Å². The second-order valence-electron chi connectivity index (χ2n) is 16.6. The molecule has 6 aromatic rings. The molecule has 0 unspecified atom stereocenters. The van der Waals surface area contributed by atoms with Crippen molar-refractivity contribution in [2.45, 2.75) is 50.3 Å².